The number of carbonyl (C=O) groups excluding carboxylic acids is 2. The van der Waals surface area contributed by atoms with Crippen LogP contribution in [0.3, 0.4) is 0 Å². The van der Waals surface area contributed by atoms with Crippen LogP contribution < -0.4 is 15.4 Å². The van der Waals surface area contributed by atoms with Crippen molar-refractivity contribution >= 4 is 55.1 Å². The summed E-state index contributed by atoms with van der Waals surface area (Å²) in [5.41, 5.74) is 1.65. The molecule has 4 aromatic rings. The van der Waals surface area contributed by atoms with Gasteiger partial charge in [0.1, 0.15) is 12.1 Å². The molecular weight excluding hydrogens is 723 g/mol. The topological polar surface area (TPSA) is 160 Å². The predicted molar refractivity (Wildman–Crippen MR) is 191 cm³/mol. The first-order chi connectivity index (χ1) is 23.9. The van der Waals surface area contributed by atoms with E-state index in [4.69, 9.17) is 23.2 Å². The van der Waals surface area contributed by atoms with Gasteiger partial charge in [0.2, 0.25) is 31.9 Å². The zero-order chi connectivity index (χ0) is 35.7. The van der Waals surface area contributed by atoms with E-state index in [1.165, 1.54) is 40.7 Å². The van der Waals surface area contributed by atoms with Gasteiger partial charge in [0.15, 0.2) is 0 Å². The molecule has 2 unspecified atom stereocenters. The van der Waals surface area contributed by atoms with Crippen LogP contribution in [-0.2, 0) is 36.2 Å². The maximum Gasteiger partial charge on any atom is 0.244 e. The molecule has 1 aromatic heterocycles. The summed E-state index contributed by atoms with van der Waals surface area (Å²) >= 11 is 11.7. The summed E-state index contributed by atoms with van der Waals surface area (Å²) in [7, 11) is -7.62. The third-order valence-corrected chi connectivity index (χ3v) is 12.1. The standard InChI is InChI=1S/C22H23ClN4O3S.C12H15ClN2O3S/c23-18-7-11-20(12-8-18)31(29,30)27(21-4-1-2-13-24-22(21)28)16-17-5-9-19(10-6-17)26-15-3-14-25-26;13-9-4-6-10(7-5-9)19(17,18)15-11-3-1-2-8-14-12(11)16/h3,5-12,14-15,21H,1-2,4,13,16H2,(H,24,28);4-7,11,15H,1-3,8H2,(H,14,16). The molecule has 3 aromatic carbocycles. The zero-order valence-electron chi connectivity index (χ0n) is 27.0. The summed E-state index contributed by atoms with van der Waals surface area (Å²) in [6.07, 6.45) is 7.80. The average molecular weight is 762 g/mol. The van der Waals surface area contributed by atoms with Crippen molar-refractivity contribution < 1.29 is 26.4 Å². The first kappa shape index (κ1) is 37.5. The molecule has 16 heteroatoms. The number of rotatable bonds is 9. The SMILES string of the molecule is O=C1NCCCCC1N(Cc1ccc(-n2cccn2)cc1)S(=O)(=O)c1ccc(Cl)cc1.O=C1NCCCCC1NS(=O)(=O)c1ccc(Cl)cc1. The van der Waals surface area contributed by atoms with Crippen LogP contribution in [-0.4, -0.2) is 67.9 Å². The Kier molecular flexibility index (Phi) is 12.7. The van der Waals surface area contributed by atoms with E-state index in [0.717, 1.165) is 36.9 Å². The number of aromatic nitrogens is 2. The lowest BCUT2D eigenvalue weighted by Crippen LogP contribution is -2.48. The van der Waals surface area contributed by atoms with Gasteiger partial charge >= 0.3 is 0 Å². The number of nitrogens with zero attached hydrogens (tertiary/aromatic N) is 3. The molecule has 0 aliphatic carbocycles. The highest BCUT2D eigenvalue weighted by Crippen LogP contribution is 2.26. The Morgan fingerprint density at radius 3 is 1.94 bits per heavy atom. The van der Waals surface area contributed by atoms with Gasteiger partial charge in [0, 0.05) is 42.1 Å². The highest BCUT2D eigenvalue weighted by Gasteiger charge is 2.36. The normalized spacial score (nSPS) is 18.6. The molecule has 2 fully saturated rings. The maximum atomic E-state index is 13.5. The molecule has 3 N–H and O–H groups in total. The molecule has 12 nitrogen and oxygen atoms in total. The molecule has 2 saturated heterocycles. The lowest BCUT2D eigenvalue weighted by atomic mass is 10.1. The fourth-order valence-electron chi connectivity index (χ4n) is 5.58. The van der Waals surface area contributed by atoms with E-state index in [0.29, 0.717) is 36.0 Å². The van der Waals surface area contributed by atoms with E-state index in [1.54, 1.807) is 23.0 Å². The lowest BCUT2D eigenvalue weighted by Gasteiger charge is -2.29. The average Bonchev–Trinajstić information content (AvgIpc) is 3.46. The van der Waals surface area contributed by atoms with Crippen molar-refractivity contribution in [3.63, 3.8) is 0 Å². The van der Waals surface area contributed by atoms with Crippen molar-refractivity contribution in [2.75, 3.05) is 13.1 Å². The minimum atomic E-state index is -3.92. The summed E-state index contributed by atoms with van der Waals surface area (Å²) < 4.78 is 56.8. The first-order valence-electron chi connectivity index (χ1n) is 16.1. The maximum absolute atomic E-state index is 13.5. The Hall–Kier alpha value is -3.79. The number of benzene rings is 3. The highest BCUT2D eigenvalue weighted by molar-refractivity contribution is 7.89. The first-order valence-corrected chi connectivity index (χ1v) is 19.8. The van der Waals surface area contributed by atoms with Crippen LogP contribution in [0.25, 0.3) is 5.69 Å². The predicted octanol–water partition coefficient (Wildman–Crippen LogP) is 4.67. The van der Waals surface area contributed by atoms with E-state index < -0.39 is 32.1 Å². The minimum absolute atomic E-state index is 0.0857. The van der Waals surface area contributed by atoms with Crippen molar-refractivity contribution in [2.45, 2.75) is 66.9 Å². The number of halogens is 2. The second kappa shape index (κ2) is 16.9. The van der Waals surface area contributed by atoms with Crippen molar-refractivity contribution in [1.82, 2.24) is 29.4 Å². The van der Waals surface area contributed by atoms with Crippen LogP contribution in [0.2, 0.25) is 10.0 Å². The van der Waals surface area contributed by atoms with Crippen molar-refractivity contribution in [2.24, 2.45) is 0 Å². The van der Waals surface area contributed by atoms with Gasteiger partial charge < -0.3 is 10.6 Å². The van der Waals surface area contributed by atoms with Crippen LogP contribution in [0.4, 0.5) is 0 Å². The van der Waals surface area contributed by atoms with E-state index >= 15 is 0 Å². The molecule has 6 rings (SSSR count). The quantitative estimate of drug-likeness (QED) is 0.224. The molecule has 0 radical (unpaired) electrons. The van der Waals surface area contributed by atoms with Gasteiger partial charge in [0.05, 0.1) is 15.5 Å². The van der Waals surface area contributed by atoms with Gasteiger partial charge in [0.25, 0.3) is 0 Å². The summed E-state index contributed by atoms with van der Waals surface area (Å²) in [6, 6.07) is 19.7. The minimum Gasteiger partial charge on any atom is -0.355 e. The van der Waals surface area contributed by atoms with Crippen molar-refractivity contribution in [1.29, 1.82) is 0 Å². The fourth-order valence-corrected chi connectivity index (χ4v) is 8.67. The third kappa shape index (κ3) is 9.71. The molecule has 266 valence electrons. The largest absolute Gasteiger partial charge is 0.355 e. The van der Waals surface area contributed by atoms with E-state index in [9.17, 15) is 26.4 Å². The second-order valence-corrected chi connectivity index (χ2v) is 16.3. The molecule has 2 aliphatic heterocycles. The Balaban J connectivity index is 0.000000219. The van der Waals surface area contributed by atoms with E-state index in [-0.39, 0.29) is 28.2 Å². The lowest BCUT2D eigenvalue weighted by molar-refractivity contribution is -0.124. The van der Waals surface area contributed by atoms with E-state index in [2.05, 4.69) is 20.5 Å². The molecule has 0 bridgehead atoms. The van der Waals surface area contributed by atoms with Gasteiger partial charge in [-0.25, -0.2) is 21.5 Å². The molecular formula is C34H38Cl2N6O6S2. The molecule has 3 heterocycles. The fraction of sp³-hybridized carbons (Fsp3) is 0.324. The summed E-state index contributed by atoms with van der Waals surface area (Å²) in [4.78, 5) is 24.7. The Morgan fingerprint density at radius 2 is 1.34 bits per heavy atom. The molecule has 50 heavy (non-hydrogen) atoms. The van der Waals surface area contributed by atoms with Gasteiger partial charge in [-0.05, 0) is 111 Å². The smallest absolute Gasteiger partial charge is 0.244 e. The molecule has 0 spiro atoms. The number of hydrogen-bond acceptors (Lipinski definition) is 7. The Labute approximate surface area is 302 Å². The van der Waals surface area contributed by atoms with E-state index in [1.807, 2.05) is 36.5 Å². The summed E-state index contributed by atoms with van der Waals surface area (Å²) in [6.45, 7) is 1.24. The molecule has 2 aliphatic rings. The number of nitrogens with one attached hydrogen (secondary N) is 3. The third-order valence-electron chi connectivity index (χ3n) is 8.27. The number of carbonyl (C=O) groups is 2. The number of amides is 2. The molecule has 0 saturated carbocycles. The number of hydrogen-bond donors (Lipinski definition) is 3. The monoisotopic (exact) mass is 760 g/mol. The molecule has 2 amide bonds. The second-order valence-electron chi connectivity index (χ2n) is 11.8. The Bertz CT molecular complexity index is 1960. The molecule has 2 atom stereocenters. The van der Waals surface area contributed by atoms with Crippen LogP contribution >= 0.6 is 23.2 Å². The van der Waals surface area contributed by atoms with Gasteiger partial charge in [-0.1, -0.05) is 35.3 Å². The van der Waals surface area contributed by atoms with Crippen molar-refractivity contribution in [3.05, 3.63) is 107 Å². The number of sulfonamides is 2. The van der Waals surface area contributed by atoms with Crippen LogP contribution in [0.1, 0.15) is 44.1 Å². The van der Waals surface area contributed by atoms with Crippen LogP contribution in [0.15, 0.2) is 101 Å². The van der Waals surface area contributed by atoms with Gasteiger partial charge in [-0.3, -0.25) is 9.59 Å². The van der Waals surface area contributed by atoms with Gasteiger partial charge in [-0.2, -0.15) is 14.1 Å². The summed E-state index contributed by atoms with van der Waals surface area (Å²) in [5.74, 6) is -0.529. The summed E-state index contributed by atoms with van der Waals surface area (Å²) in [5, 5.41) is 10.7. The Morgan fingerprint density at radius 1 is 0.760 bits per heavy atom. The van der Waals surface area contributed by atoms with Crippen LogP contribution in [0, 0.1) is 0 Å². The highest BCUT2D eigenvalue weighted by atomic mass is 35.5. The van der Waals surface area contributed by atoms with Crippen LogP contribution in [0.5, 0.6) is 0 Å². The van der Waals surface area contributed by atoms with Crippen molar-refractivity contribution in [3.8, 4) is 5.69 Å². The van der Waals surface area contributed by atoms with Gasteiger partial charge in [-0.15, -0.1) is 0 Å². The zero-order valence-corrected chi connectivity index (χ0v) is 30.2.